The van der Waals surface area contributed by atoms with E-state index in [0.717, 1.165) is 17.5 Å². The number of aromatic nitrogens is 3. The Labute approximate surface area is 126 Å². The first kappa shape index (κ1) is 14.2. The summed E-state index contributed by atoms with van der Waals surface area (Å²) in [4.78, 5) is 32.4. The van der Waals surface area contributed by atoms with Crippen LogP contribution in [0.15, 0.2) is 35.5 Å². The number of hydrogen-bond donors (Lipinski definition) is 1. The highest BCUT2D eigenvalue weighted by Crippen LogP contribution is 2.25. The molecule has 1 unspecified atom stereocenters. The summed E-state index contributed by atoms with van der Waals surface area (Å²) < 4.78 is 1.50. The smallest absolute Gasteiger partial charge is 0.407 e. The van der Waals surface area contributed by atoms with Crippen molar-refractivity contribution in [2.24, 2.45) is 7.05 Å². The van der Waals surface area contributed by atoms with Gasteiger partial charge in [-0.1, -0.05) is 0 Å². The summed E-state index contributed by atoms with van der Waals surface area (Å²) in [6.07, 6.45) is 5.01. The minimum absolute atomic E-state index is 0.0466. The minimum Gasteiger partial charge on any atom is -0.465 e. The Balaban J connectivity index is 1.80. The van der Waals surface area contributed by atoms with Gasteiger partial charge in [0.2, 0.25) is 5.56 Å². The van der Waals surface area contributed by atoms with Crippen LogP contribution in [0.2, 0.25) is 0 Å². The van der Waals surface area contributed by atoms with E-state index in [1.807, 2.05) is 0 Å². The Bertz CT molecular complexity index is 754. The van der Waals surface area contributed by atoms with E-state index in [0.29, 0.717) is 18.9 Å². The molecule has 0 aliphatic carbocycles. The second kappa shape index (κ2) is 5.59. The van der Waals surface area contributed by atoms with Gasteiger partial charge in [0, 0.05) is 61.8 Å². The van der Waals surface area contributed by atoms with Gasteiger partial charge in [0.1, 0.15) is 5.82 Å². The predicted molar refractivity (Wildman–Crippen MR) is 79.7 cm³/mol. The molecule has 2 aromatic rings. The van der Waals surface area contributed by atoms with Crippen molar-refractivity contribution < 1.29 is 9.90 Å². The Morgan fingerprint density at radius 1 is 1.27 bits per heavy atom. The second-order valence-electron chi connectivity index (χ2n) is 5.41. The summed E-state index contributed by atoms with van der Waals surface area (Å²) in [5.41, 5.74) is 1.63. The average molecular weight is 300 g/mol. The molecular weight excluding hydrogens is 284 g/mol. The lowest BCUT2D eigenvalue weighted by atomic mass is 10.1. The Kier molecular flexibility index (Phi) is 3.62. The van der Waals surface area contributed by atoms with Crippen molar-refractivity contribution in [2.45, 2.75) is 12.3 Å². The summed E-state index contributed by atoms with van der Waals surface area (Å²) in [6.45, 7) is 0.959. The van der Waals surface area contributed by atoms with E-state index in [9.17, 15) is 9.59 Å². The van der Waals surface area contributed by atoms with E-state index in [2.05, 4.69) is 9.97 Å². The zero-order valence-electron chi connectivity index (χ0n) is 12.1. The maximum absolute atomic E-state index is 11.4. The quantitative estimate of drug-likeness (QED) is 0.903. The number of pyridine rings is 1. The van der Waals surface area contributed by atoms with Crippen LogP contribution in [-0.2, 0) is 7.05 Å². The highest BCUT2D eigenvalue weighted by molar-refractivity contribution is 5.65. The third-order valence-corrected chi connectivity index (χ3v) is 3.91. The maximum atomic E-state index is 11.4. The standard InChI is InChI=1S/C15H16N4O3/c1-18-8-10(2-3-13(18)20)12-6-16-14(17-7-12)11-4-5-19(9-11)15(21)22/h2-3,6-8,11H,4-5,9H2,1H3,(H,21,22). The fourth-order valence-corrected chi connectivity index (χ4v) is 2.61. The van der Waals surface area contributed by atoms with Gasteiger partial charge in [-0.25, -0.2) is 14.8 Å². The summed E-state index contributed by atoms with van der Waals surface area (Å²) in [6, 6.07) is 3.24. The largest absolute Gasteiger partial charge is 0.465 e. The van der Waals surface area contributed by atoms with Crippen LogP contribution in [0.3, 0.4) is 0 Å². The number of carboxylic acid groups (broad SMARTS) is 1. The SMILES string of the molecule is Cn1cc(-c2cnc(C3CCN(C(=O)O)C3)nc2)ccc1=O. The Morgan fingerprint density at radius 3 is 2.59 bits per heavy atom. The van der Waals surface area contributed by atoms with Gasteiger partial charge in [0.25, 0.3) is 0 Å². The van der Waals surface area contributed by atoms with E-state index in [-0.39, 0.29) is 11.5 Å². The van der Waals surface area contributed by atoms with Gasteiger partial charge in [-0.3, -0.25) is 4.79 Å². The van der Waals surface area contributed by atoms with Gasteiger partial charge in [-0.15, -0.1) is 0 Å². The zero-order chi connectivity index (χ0) is 15.7. The number of nitrogens with zero attached hydrogens (tertiary/aromatic N) is 4. The summed E-state index contributed by atoms with van der Waals surface area (Å²) in [5, 5.41) is 8.98. The third-order valence-electron chi connectivity index (χ3n) is 3.91. The van der Waals surface area contributed by atoms with Crippen molar-refractivity contribution in [3.05, 3.63) is 46.9 Å². The van der Waals surface area contributed by atoms with Crippen molar-refractivity contribution in [1.82, 2.24) is 19.4 Å². The summed E-state index contributed by atoms with van der Waals surface area (Å²) in [5.74, 6) is 0.711. The predicted octanol–water partition coefficient (Wildman–Crippen LogP) is 1.31. The molecule has 3 rings (SSSR count). The topological polar surface area (TPSA) is 88.3 Å². The van der Waals surface area contributed by atoms with Gasteiger partial charge in [0.05, 0.1) is 0 Å². The fourth-order valence-electron chi connectivity index (χ4n) is 2.61. The van der Waals surface area contributed by atoms with Crippen LogP contribution in [0.5, 0.6) is 0 Å². The molecule has 1 aliphatic rings. The van der Waals surface area contributed by atoms with E-state index in [1.54, 1.807) is 31.7 Å². The molecule has 2 aromatic heterocycles. The van der Waals surface area contributed by atoms with Crippen molar-refractivity contribution >= 4 is 6.09 Å². The van der Waals surface area contributed by atoms with Crippen molar-refractivity contribution in [1.29, 1.82) is 0 Å². The number of rotatable bonds is 2. The van der Waals surface area contributed by atoms with Crippen molar-refractivity contribution in [3.8, 4) is 11.1 Å². The molecule has 0 saturated carbocycles. The second-order valence-corrected chi connectivity index (χ2v) is 5.41. The van der Waals surface area contributed by atoms with E-state index >= 15 is 0 Å². The first-order valence-corrected chi connectivity index (χ1v) is 7.01. The normalized spacial score (nSPS) is 17.7. The molecule has 1 saturated heterocycles. The van der Waals surface area contributed by atoms with Crippen LogP contribution in [-0.4, -0.2) is 43.7 Å². The van der Waals surface area contributed by atoms with Gasteiger partial charge in [-0.05, 0) is 12.5 Å². The van der Waals surface area contributed by atoms with Crippen LogP contribution in [0.1, 0.15) is 18.2 Å². The van der Waals surface area contributed by atoms with Crippen molar-refractivity contribution in [2.75, 3.05) is 13.1 Å². The Hall–Kier alpha value is -2.70. The molecule has 0 aromatic carbocycles. The number of amides is 1. The highest BCUT2D eigenvalue weighted by Gasteiger charge is 2.28. The summed E-state index contributed by atoms with van der Waals surface area (Å²) >= 11 is 0. The zero-order valence-corrected chi connectivity index (χ0v) is 12.1. The number of likely N-dealkylation sites (tertiary alicyclic amines) is 1. The molecule has 22 heavy (non-hydrogen) atoms. The van der Waals surface area contributed by atoms with Crippen LogP contribution < -0.4 is 5.56 Å². The minimum atomic E-state index is -0.899. The maximum Gasteiger partial charge on any atom is 0.407 e. The highest BCUT2D eigenvalue weighted by atomic mass is 16.4. The molecule has 0 bridgehead atoms. The molecule has 0 radical (unpaired) electrons. The van der Waals surface area contributed by atoms with Gasteiger partial charge in [0.15, 0.2) is 0 Å². The van der Waals surface area contributed by atoms with Crippen LogP contribution in [0.25, 0.3) is 11.1 Å². The lowest BCUT2D eigenvalue weighted by Gasteiger charge is -2.11. The molecule has 7 nitrogen and oxygen atoms in total. The van der Waals surface area contributed by atoms with E-state index in [4.69, 9.17) is 5.11 Å². The van der Waals surface area contributed by atoms with Crippen LogP contribution >= 0.6 is 0 Å². The van der Waals surface area contributed by atoms with Gasteiger partial charge in [-0.2, -0.15) is 0 Å². The molecule has 7 heteroatoms. The van der Waals surface area contributed by atoms with Crippen LogP contribution in [0, 0.1) is 0 Å². The number of hydrogen-bond acceptors (Lipinski definition) is 4. The van der Waals surface area contributed by atoms with Gasteiger partial charge < -0.3 is 14.6 Å². The third kappa shape index (κ3) is 2.69. The number of aryl methyl sites for hydroxylation is 1. The lowest BCUT2D eigenvalue weighted by molar-refractivity contribution is 0.155. The summed E-state index contributed by atoms with van der Waals surface area (Å²) in [7, 11) is 1.69. The van der Waals surface area contributed by atoms with E-state index in [1.165, 1.54) is 15.5 Å². The fraction of sp³-hybridized carbons (Fsp3) is 0.333. The first-order chi connectivity index (χ1) is 10.5. The first-order valence-electron chi connectivity index (χ1n) is 7.01. The Morgan fingerprint density at radius 2 is 2.00 bits per heavy atom. The molecule has 1 amide bonds. The average Bonchev–Trinajstić information content (AvgIpc) is 3.00. The molecular formula is C15H16N4O3. The molecule has 1 fully saturated rings. The van der Waals surface area contributed by atoms with Gasteiger partial charge >= 0.3 is 6.09 Å². The van der Waals surface area contributed by atoms with Crippen molar-refractivity contribution in [3.63, 3.8) is 0 Å². The molecule has 1 atom stereocenters. The van der Waals surface area contributed by atoms with Crippen LogP contribution in [0.4, 0.5) is 4.79 Å². The monoisotopic (exact) mass is 300 g/mol. The molecule has 1 aliphatic heterocycles. The molecule has 0 spiro atoms. The van der Waals surface area contributed by atoms with E-state index < -0.39 is 6.09 Å². The molecule has 3 heterocycles. The lowest BCUT2D eigenvalue weighted by Crippen LogP contribution is -2.26. The molecule has 114 valence electrons. The molecule has 1 N–H and O–H groups in total. The number of carbonyl (C=O) groups is 1.